The van der Waals surface area contributed by atoms with Crippen LogP contribution in [0.2, 0.25) is 0 Å². The predicted octanol–water partition coefficient (Wildman–Crippen LogP) is 0.895. The molecule has 4 heteroatoms. The molecule has 4 nitrogen and oxygen atoms in total. The third-order valence-corrected chi connectivity index (χ3v) is 3.62. The Bertz CT molecular complexity index is 235. The summed E-state index contributed by atoms with van der Waals surface area (Å²) in [7, 11) is 0. The molecule has 0 aromatic heterocycles. The summed E-state index contributed by atoms with van der Waals surface area (Å²) in [4.78, 5) is 14.2. The van der Waals surface area contributed by atoms with E-state index in [-0.39, 0.29) is 12.0 Å². The molecule has 0 bridgehead atoms. The summed E-state index contributed by atoms with van der Waals surface area (Å²) in [6.07, 6.45) is 6.40. The summed E-state index contributed by atoms with van der Waals surface area (Å²) >= 11 is 0. The zero-order valence-corrected chi connectivity index (χ0v) is 9.86. The molecule has 0 aromatic carbocycles. The van der Waals surface area contributed by atoms with E-state index in [0.717, 1.165) is 38.7 Å². The second kappa shape index (κ2) is 5.64. The Morgan fingerprint density at radius 1 is 1.25 bits per heavy atom. The maximum Gasteiger partial charge on any atom is 0.251 e. The second-order valence-electron chi connectivity index (χ2n) is 4.76. The first kappa shape index (κ1) is 11.9. The largest absolute Gasteiger partial charge is 0.368 e. The quantitative estimate of drug-likeness (QED) is 0.774. The molecule has 1 atom stereocenters. The minimum Gasteiger partial charge on any atom is -0.368 e. The van der Waals surface area contributed by atoms with E-state index in [2.05, 4.69) is 0 Å². The van der Waals surface area contributed by atoms with Crippen molar-refractivity contribution in [1.82, 2.24) is 4.90 Å². The van der Waals surface area contributed by atoms with E-state index in [1.807, 2.05) is 4.90 Å². The van der Waals surface area contributed by atoms with Gasteiger partial charge in [0, 0.05) is 25.7 Å². The van der Waals surface area contributed by atoms with Gasteiger partial charge in [0.1, 0.15) is 6.10 Å². The summed E-state index contributed by atoms with van der Waals surface area (Å²) in [5.74, 6) is 0.176. The number of amides is 1. The molecule has 2 aliphatic rings. The van der Waals surface area contributed by atoms with E-state index in [9.17, 15) is 4.79 Å². The van der Waals surface area contributed by atoms with Gasteiger partial charge in [0.25, 0.3) is 5.91 Å². The van der Waals surface area contributed by atoms with Crippen LogP contribution in [0.5, 0.6) is 0 Å². The summed E-state index contributed by atoms with van der Waals surface area (Å²) in [5, 5.41) is 0. The van der Waals surface area contributed by atoms with Crippen molar-refractivity contribution in [1.29, 1.82) is 0 Å². The van der Waals surface area contributed by atoms with Crippen molar-refractivity contribution in [2.45, 2.75) is 50.7 Å². The van der Waals surface area contributed by atoms with Crippen LogP contribution in [0.4, 0.5) is 0 Å². The van der Waals surface area contributed by atoms with Crippen molar-refractivity contribution < 1.29 is 9.53 Å². The molecular formula is C12H22N2O2. The topological polar surface area (TPSA) is 55.6 Å². The van der Waals surface area contributed by atoms with Crippen molar-refractivity contribution in [3.05, 3.63) is 0 Å². The highest BCUT2D eigenvalue weighted by molar-refractivity contribution is 5.81. The minimum atomic E-state index is -0.194. The van der Waals surface area contributed by atoms with Gasteiger partial charge in [0.05, 0.1) is 0 Å². The van der Waals surface area contributed by atoms with Gasteiger partial charge in [-0.25, -0.2) is 0 Å². The van der Waals surface area contributed by atoms with Crippen LogP contribution in [0.15, 0.2) is 0 Å². The Balaban J connectivity index is 1.92. The van der Waals surface area contributed by atoms with Crippen LogP contribution in [-0.2, 0) is 9.53 Å². The molecule has 1 saturated carbocycles. The monoisotopic (exact) mass is 226 g/mol. The standard InChI is InChI=1S/C12H22N2O2/c13-7-8-14(10-4-3-5-10)12(15)11-6-1-2-9-16-11/h10-11H,1-9,13H2. The molecule has 1 heterocycles. The van der Waals surface area contributed by atoms with Crippen LogP contribution in [0.25, 0.3) is 0 Å². The van der Waals surface area contributed by atoms with Crippen molar-refractivity contribution in [3.63, 3.8) is 0 Å². The molecule has 1 saturated heterocycles. The first-order valence-electron chi connectivity index (χ1n) is 6.45. The molecule has 0 radical (unpaired) electrons. The average molecular weight is 226 g/mol. The highest BCUT2D eigenvalue weighted by atomic mass is 16.5. The average Bonchev–Trinajstić information content (AvgIpc) is 2.26. The SMILES string of the molecule is NCCN(C(=O)C1CCCCO1)C1CCC1. The van der Waals surface area contributed by atoms with E-state index < -0.39 is 0 Å². The van der Waals surface area contributed by atoms with E-state index in [1.54, 1.807) is 0 Å². The van der Waals surface area contributed by atoms with E-state index in [4.69, 9.17) is 10.5 Å². The number of nitrogens with zero attached hydrogens (tertiary/aromatic N) is 1. The van der Waals surface area contributed by atoms with Crippen molar-refractivity contribution in [2.24, 2.45) is 5.73 Å². The Labute approximate surface area is 97.1 Å². The van der Waals surface area contributed by atoms with Crippen LogP contribution >= 0.6 is 0 Å². The third kappa shape index (κ3) is 2.55. The molecule has 2 N–H and O–H groups in total. The summed E-state index contributed by atoms with van der Waals surface area (Å²) < 4.78 is 5.55. The van der Waals surface area contributed by atoms with Crippen molar-refractivity contribution in [3.8, 4) is 0 Å². The molecule has 0 spiro atoms. The van der Waals surface area contributed by atoms with Gasteiger partial charge in [-0.05, 0) is 38.5 Å². The number of hydrogen-bond donors (Lipinski definition) is 1. The Morgan fingerprint density at radius 2 is 2.06 bits per heavy atom. The number of carbonyl (C=O) groups excluding carboxylic acids is 1. The van der Waals surface area contributed by atoms with Crippen LogP contribution in [0, 0.1) is 0 Å². The van der Waals surface area contributed by atoms with Gasteiger partial charge in [0.15, 0.2) is 0 Å². The van der Waals surface area contributed by atoms with Crippen molar-refractivity contribution in [2.75, 3.05) is 19.7 Å². The van der Waals surface area contributed by atoms with Gasteiger partial charge in [0.2, 0.25) is 0 Å². The lowest BCUT2D eigenvalue weighted by atomic mass is 9.90. The minimum absolute atomic E-state index is 0.176. The maximum absolute atomic E-state index is 12.3. The molecule has 2 fully saturated rings. The lowest BCUT2D eigenvalue weighted by Gasteiger charge is -2.39. The normalized spacial score (nSPS) is 26.2. The molecule has 0 aromatic rings. The molecule has 1 unspecified atom stereocenters. The van der Waals surface area contributed by atoms with Crippen molar-refractivity contribution >= 4 is 5.91 Å². The number of rotatable bonds is 4. The third-order valence-electron chi connectivity index (χ3n) is 3.62. The zero-order chi connectivity index (χ0) is 11.4. The smallest absolute Gasteiger partial charge is 0.251 e. The number of ether oxygens (including phenoxy) is 1. The zero-order valence-electron chi connectivity index (χ0n) is 9.86. The predicted molar refractivity (Wildman–Crippen MR) is 62.0 cm³/mol. The fourth-order valence-electron chi connectivity index (χ4n) is 2.43. The maximum atomic E-state index is 12.3. The van der Waals surface area contributed by atoms with Gasteiger partial charge in [-0.1, -0.05) is 0 Å². The summed E-state index contributed by atoms with van der Waals surface area (Å²) in [5.41, 5.74) is 5.58. The molecule has 1 aliphatic carbocycles. The molecular weight excluding hydrogens is 204 g/mol. The summed E-state index contributed by atoms with van der Waals surface area (Å²) in [6.45, 7) is 1.97. The molecule has 1 amide bonds. The fourth-order valence-corrected chi connectivity index (χ4v) is 2.43. The summed E-state index contributed by atoms with van der Waals surface area (Å²) in [6, 6.07) is 0.432. The van der Waals surface area contributed by atoms with E-state index in [1.165, 1.54) is 6.42 Å². The first-order chi connectivity index (χ1) is 7.83. The van der Waals surface area contributed by atoms with Gasteiger partial charge < -0.3 is 15.4 Å². The lowest BCUT2D eigenvalue weighted by Crippen LogP contribution is -2.51. The van der Waals surface area contributed by atoms with Crippen LogP contribution < -0.4 is 5.73 Å². The van der Waals surface area contributed by atoms with Gasteiger partial charge in [-0.15, -0.1) is 0 Å². The lowest BCUT2D eigenvalue weighted by molar-refractivity contribution is -0.150. The Kier molecular flexibility index (Phi) is 4.18. The first-order valence-corrected chi connectivity index (χ1v) is 6.45. The molecule has 2 rings (SSSR count). The highest BCUT2D eigenvalue weighted by Gasteiger charge is 2.33. The van der Waals surface area contributed by atoms with E-state index >= 15 is 0 Å². The van der Waals surface area contributed by atoms with E-state index in [0.29, 0.717) is 19.1 Å². The highest BCUT2D eigenvalue weighted by Crippen LogP contribution is 2.26. The molecule has 16 heavy (non-hydrogen) atoms. The van der Waals surface area contributed by atoms with Crippen LogP contribution in [-0.4, -0.2) is 42.6 Å². The van der Waals surface area contributed by atoms with Gasteiger partial charge in [-0.3, -0.25) is 4.79 Å². The van der Waals surface area contributed by atoms with Gasteiger partial charge >= 0.3 is 0 Å². The van der Waals surface area contributed by atoms with Crippen LogP contribution in [0.1, 0.15) is 38.5 Å². The number of hydrogen-bond acceptors (Lipinski definition) is 3. The number of carbonyl (C=O) groups is 1. The van der Waals surface area contributed by atoms with Gasteiger partial charge in [-0.2, -0.15) is 0 Å². The van der Waals surface area contributed by atoms with Crippen LogP contribution in [0.3, 0.4) is 0 Å². The molecule has 92 valence electrons. The Hall–Kier alpha value is -0.610. The Morgan fingerprint density at radius 3 is 2.56 bits per heavy atom. The second-order valence-corrected chi connectivity index (χ2v) is 4.76. The molecule has 1 aliphatic heterocycles. The fraction of sp³-hybridized carbons (Fsp3) is 0.917. The number of nitrogens with two attached hydrogens (primary N) is 1.